The van der Waals surface area contributed by atoms with Gasteiger partial charge in [0.05, 0.1) is 6.61 Å². The number of rotatable bonds is 4. The Morgan fingerprint density at radius 3 is 2.71 bits per heavy atom. The molecule has 3 rings (SSSR count). The van der Waals surface area contributed by atoms with Crippen LogP contribution in [0.4, 0.5) is 4.79 Å². The largest absolute Gasteiger partial charge is 0.450 e. The third-order valence-corrected chi connectivity index (χ3v) is 4.99. The van der Waals surface area contributed by atoms with Crippen molar-refractivity contribution in [3.8, 4) is 0 Å². The van der Waals surface area contributed by atoms with E-state index in [0.717, 1.165) is 22.2 Å². The summed E-state index contributed by atoms with van der Waals surface area (Å²) in [6, 6.07) is 8.09. The number of carbonyl (C=O) groups is 1. The highest BCUT2D eigenvalue weighted by Gasteiger charge is 2.31. The first-order valence-corrected chi connectivity index (χ1v) is 8.92. The SMILES string of the molecule is CCOC(=O)N1CCN(C(c2nn[nH]n2)c2ccccc2I)CC1. The average molecular weight is 442 g/mol. The number of ether oxygens (including phenoxy) is 1. The van der Waals surface area contributed by atoms with E-state index in [-0.39, 0.29) is 12.1 Å². The van der Waals surface area contributed by atoms with Crippen molar-refractivity contribution in [1.29, 1.82) is 0 Å². The molecule has 1 unspecified atom stereocenters. The van der Waals surface area contributed by atoms with Crippen LogP contribution in [0.3, 0.4) is 0 Å². The van der Waals surface area contributed by atoms with Gasteiger partial charge in [-0.2, -0.15) is 5.21 Å². The summed E-state index contributed by atoms with van der Waals surface area (Å²) in [5.41, 5.74) is 1.14. The first kappa shape index (κ1) is 17.1. The van der Waals surface area contributed by atoms with E-state index in [0.29, 0.717) is 25.5 Å². The monoisotopic (exact) mass is 442 g/mol. The van der Waals surface area contributed by atoms with Crippen molar-refractivity contribution < 1.29 is 9.53 Å². The molecule has 1 aliphatic rings. The number of halogens is 1. The summed E-state index contributed by atoms with van der Waals surface area (Å²) in [5.74, 6) is 0.642. The van der Waals surface area contributed by atoms with Gasteiger partial charge < -0.3 is 9.64 Å². The minimum absolute atomic E-state index is 0.0822. The number of carbonyl (C=O) groups excluding carboxylic acids is 1. The Balaban J connectivity index is 1.79. The van der Waals surface area contributed by atoms with Gasteiger partial charge in [0.25, 0.3) is 0 Å². The zero-order chi connectivity index (χ0) is 16.9. The van der Waals surface area contributed by atoms with Crippen molar-refractivity contribution in [2.45, 2.75) is 13.0 Å². The molecule has 1 N–H and O–H groups in total. The number of nitrogens with zero attached hydrogens (tertiary/aromatic N) is 5. The Kier molecular flexibility index (Phi) is 5.61. The van der Waals surface area contributed by atoms with Crippen LogP contribution in [0.1, 0.15) is 24.4 Å². The van der Waals surface area contributed by atoms with Gasteiger partial charge in [0, 0.05) is 29.7 Å². The normalized spacial score (nSPS) is 16.8. The van der Waals surface area contributed by atoms with Gasteiger partial charge >= 0.3 is 6.09 Å². The Morgan fingerprint density at radius 1 is 1.33 bits per heavy atom. The quantitative estimate of drug-likeness (QED) is 0.726. The van der Waals surface area contributed by atoms with E-state index in [9.17, 15) is 4.79 Å². The van der Waals surface area contributed by atoms with Gasteiger partial charge in [0.1, 0.15) is 6.04 Å². The Labute approximate surface area is 153 Å². The summed E-state index contributed by atoms with van der Waals surface area (Å²) < 4.78 is 6.23. The number of aromatic nitrogens is 4. The maximum atomic E-state index is 11.9. The molecule has 24 heavy (non-hydrogen) atoms. The second-order valence-corrected chi connectivity index (χ2v) is 6.58. The molecule has 1 saturated heterocycles. The van der Waals surface area contributed by atoms with Crippen molar-refractivity contribution in [2.24, 2.45) is 0 Å². The fraction of sp³-hybridized carbons (Fsp3) is 0.467. The van der Waals surface area contributed by atoms with E-state index in [2.05, 4.69) is 60.2 Å². The first-order chi connectivity index (χ1) is 11.7. The Hall–Kier alpha value is -1.75. The molecule has 0 spiro atoms. The summed E-state index contributed by atoms with van der Waals surface area (Å²) in [4.78, 5) is 15.9. The van der Waals surface area contributed by atoms with Crippen molar-refractivity contribution in [2.75, 3.05) is 32.8 Å². The van der Waals surface area contributed by atoms with E-state index in [1.807, 2.05) is 19.1 Å². The minimum atomic E-state index is -0.248. The number of hydrogen-bond donors (Lipinski definition) is 1. The highest BCUT2D eigenvalue weighted by atomic mass is 127. The molecule has 1 aliphatic heterocycles. The van der Waals surface area contributed by atoms with Crippen LogP contribution in [0, 0.1) is 3.57 Å². The lowest BCUT2D eigenvalue weighted by Gasteiger charge is -2.38. The molecule has 0 saturated carbocycles. The standard InChI is InChI=1S/C15H19IN6O2/c1-2-24-15(23)22-9-7-21(8-10-22)13(14-17-19-20-18-14)11-5-3-4-6-12(11)16/h3-6,13H,2,7-10H2,1H3,(H,17,18,19,20). The number of tetrazole rings is 1. The number of piperazine rings is 1. The lowest BCUT2D eigenvalue weighted by atomic mass is 10.0. The van der Waals surface area contributed by atoms with Gasteiger partial charge in [-0.1, -0.05) is 23.4 Å². The summed E-state index contributed by atoms with van der Waals surface area (Å²) in [5, 5.41) is 14.6. The van der Waals surface area contributed by atoms with E-state index in [4.69, 9.17) is 4.74 Å². The van der Waals surface area contributed by atoms with Crippen LogP contribution in [-0.2, 0) is 4.74 Å². The molecule has 0 bridgehead atoms. The third kappa shape index (κ3) is 3.66. The summed E-state index contributed by atoms with van der Waals surface area (Å²) in [6.45, 7) is 4.91. The van der Waals surface area contributed by atoms with E-state index in [1.54, 1.807) is 4.90 Å². The van der Waals surface area contributed by atoms with Gasteiger partial charge in [-0.3, -0.25) is 4.90 Å². The fourth-order valence-corrected chi connectivity index (χ4v) is 3.54. The molecule has 8 nitrogen and oxygen atoms in total. The smallest absolute Gasteiger partial charge is 0.409 e. The fourth-order valence-electron chi connectivity index (χ4n) is 2.86. The van der Waals surface area contributed by atoms with Gasteiger partial charge in [0.2, 0.25) is 0 Å². The minimum Gasteiger partial charge on any atom is -0.450 e. The summed E-state index contributed by atoms with van der Waals surface area (Å²) in [7, 11) is 0. The van der Waals surface area contributed by atoms with Crippen LogP contribution >= 0.6 is 22.6 Å². The second-order valence-electron chi connectivity index (χ2n) is 5.42. The zero-order valence-electron chi connectivity index (χ0n) is 13.4. The van der Waals surface area contributed by atoms with Crippen LogP contribution < -0.4 is 0 Å². The second kappa shape index (κ2) is 7.88. The number of benzene rings is 1. The Morgan fingerprint density at radius 2 is 2.08 bits per heavy atom. The average Bonchev–Trinajstić information content (AvgIpc) is 3.12. The van der Waals surface area contributed by atoms with E-state index < -0.39 is 0 Å². The molecule has 2 heterocycles. The van der Waals surface area contributed by atoms with Crippen LogP contribution in [0.5, 0.6) is 0 Å². The van der Waals surface area contributed by atoms with Gasteiger partial charge in [-0.05, 0) is 41.1 Å². The van der Waals surface area contributed by atoms with Gasteiger partial charge in [-0.25, -0.2) is 4.79 Å². The van der Waals surface area contributed by atoms with Crippen LogP contribution in [-0.4, -0.2) is 69.3 Å². The van der Waals surface area contributed by atoms with Crippen LogP contribution in [0.25, 0.3) is 0 Å². The molecule has 1 amide bonds. The lowest BCUT2D eigenvalue weighted by Crippen LogP contribution is -2.50. The third-order valence-electron chi connectivity index (χ3n) is 4.01. The molecular weight excluding hydrogens is 423 g/mol. The highest BCUT2D eigenvalue weighted by Crippen LogP contribution is 2.30. The van der Waals surface area contributed by atoms with Crippen molar-refractivity contribution >= 4 is 28.7 Å². The van der Waals surface area contributed by atoms with Crippen molar-refractivity contribution in [3.63, 3.8) is 0 Å². The highest BCUT2D eigenvalue weighted by molar-refractivity contribution is 14.1. The maximum Gasteiger partial charge on any atom is 0.409 e. The molecule has 0 aliphatic carbocycles. The maximum absolute atomic E-state index is 11.9. The predicted molar refractivity (Wildman–Crippen MR) is 95.3 cm³/mol. The summed E-state index contributed by atoms with van der Waals surface area (Å²) in [6.07, 6.45) is -0.248. The topological polar surface area (TPSA) is 87.2 Å². The molecule has 0 radical (unpaired) electrons. The molecule has 9 heteroatoms. The van der Waals surface area contributed by atoms with Gasteiger partial charge in [-0.15, -0.1) is 10.2 Å². The molecular formula is C15H19IN6O2. The number of nitrogens with one attached hydrogen (secondary N) is 1. The number of amides is 1. The lowest BCUT2D eigenvalue weighted by molar-refractivity contribution is 0.0703. The molecule has 2 aromatic rings. The van der Waals surface area contributed by atoms with E-state index >= 15 is 0 Å². The van der Waals surface area contributed by atoms with E-state index in [1.165, 1.54) is 0 Å². The molecule has 1 atom stereocenters. The van der Waals surface area contributed by atoms with Gasteiger partial charge in [0.15, 0.2) is 5.82 Å². The number of hydrogen-bond acceptors (Lipinski definition) is 6. The molecule has 1 fully saturated rings. The van der Waals surface area contributed by atoms with Crippen LogP contribution in [0.15, 0.2) is 24.3 Å². The molecule has 1 aromatic heterocycles. The van der Waals surface area contributed by atoms with Crippen LogP contribution in [0.2, 0.25) is 0 Å². The number of aromatic amines is 1. The summed E-state index contributed by atoms with van der Waals surface area (Å²) >= 11 is 2.32. The molecule has 1 aromatic carbocycles. The Bertz CT molecular complexity index is 672. The number of H-pyrrole nitrogens is 1. The zero-order valence-corrected chi connectivity index (χ0v) is 15.5. The molecule has 128 valence electrons. The van der Waals surface area contributed by atoms with Crippen molar-refractivity contribution in [1.82, 2.24) is 30.4 Å². The van der Waals surface area contributed by atoms with Crippen molar-refractivity contribution in [3.05, 3.63) is 39.2 Å². The predicted octanol–water partition coefficient (Wildman–Crippen LogP) is 1.67. The first-order valence-electron chi connectivity index (χ1n) is 7.84.